The van der Waals surface area contributed by atoms with E-state index in [9.17, 15) is 4.21 Å². The first kappa shape index (κ1) is 16.9. The first-order valence-corrected chi connectivity index (χ1v) is 10.2. The van der Waals surface area contributed by atoms with Crippen molar-refractivity contribution >= 4 is 21.2 Å². The van der Waals surface area contributed by atoms with Gasteiger partial charge in [0.25, 0.3) is 0 Å². The zero-order valence-electron chi connectivity index (χ0n) is 14.5. The fraction of sp³-hybridized carbons (Fsp3) is 0.500. The molecule has 1 saturated heterocycles. The van der Waals surface area contributed by atoms with E-state index in [4.69, 9.17) is 4.74 Å². The van der Waals surface area contributed by atoms with Crippen LogP contribution in [0, 0.1) is 0 Å². The number of aromatic nitrogens is 3. The van der Waals surface area contributed by atoms with Gasteiger partial charge in [-0.3, -0.25) is 4.68 Å². The smallest absolute Gasteiger partial charge is 0.164 e. The van der Waals surface area contributed by atoms with Crippen molar-refractivity contribution < 1.29 is 8.95 Å². The zero-order valence-corrected chi connectivity index (χ0v) is 15.3. The second-order valence-corrected chi connectivity index (χ2v) is 8.84. The summed E-state index contributed by atoms with van der Waals surface area (Å²) in [5.74, 6) is 0.484. The Hall–Kier alpha value is -1.93. The maximum atomic E-state index is 12.1. The maximum Gasteiger partial charge on any atom is 0.164 e. The molecular weight excluding hydrogens is 326 g/mol. The van der Waals surface area contributed by atoms with Gasteiger partial charge in [0.05, 0.1) is 24.6 Å². The van der Waals surface area contributed by atoms with E-state index in [1.54, 1.807) is 23.4 Å². The number of aryl methyl sites for hydroxylation is 1. The highest BCUT2D eigenvalue weighted by Crippen LogP contribution is 2.29. The Balaban J connectivity index is 2.13. The summed E-state index contributed by atoms with van der Waals surface area (Å²) in [6, 6.07) is 6.11. The molecule has 8 heteroatoms. The number of rotatable bonds is 3. The lowest BCUT2D eigenvalue weighted by Crippen LogP contribution is -2.43. The summed E-state index contributed by atoms with van der Waals surface area (Å²) >= 11 is 0. The molecule has 0 saturated carbocycles. The molecule has 130 valence electrons. The molecule has 24 heavy (non-hydrogen) atoms. The third-order valence-electron chi connectivity index (χ3n) is 3.89. The third kappa shape index (κ3) is 3.76. The SMILES string of the molecule is C[C@@H]1COCCN1c1cc(N=S(C)(C)=O)nc(-c2ccnn2C)c1. The van der Waals surface area contributed by atoms with Gasteiger partial charge in [-0.15, -0.1) is 0 Å². The molecule has 3 rings (SSSR count). The van der Waals surface area contributed by atoms with Crippen molar-refractivity contribution in [2.75, 3.05) is 37.2 Å². The zero-order chi connectivity index (χ0) is 17.3. The highest BCUT2D eigenvalue weighted by molar-refractivity contribution is 7.92. The molecule has 0 unspecified atom stereocenters. The molecule has 0 amide bonds. The van der Waals surface area contributed by atoms with Crippen molar-refractivity contribution in [2.24, 2.45) is 11.4 Å². The normalized spacial score (nSPS) is 18.7. The fourth-order valence-corrected chi connectivity index (χ4v) is 3.35. The number of ether oxygens (including phenoxy) is 1. The van der Waals surface area contributed by atoms with Gasteiger partial charge < -0.3 is 9.64 Å². The monoisotopic (exact) mass is 349 g/mol. The summed E-state index contributed by atoms with van der Waals surface area (Å²) in [6.45, 7) is 4.32. The van der Waals surface area contributed by atoms with E-state index in [2.05, 4.69) is 26.3 Å². The molecule has 0 N–H and O–H groups in total. The number of pyridine rings is 1. The molecule has 1 aliphatic rings. The summed E-state index contributed by atoms with van der Waals surface area (Å²) in [5.41, 5.74) is 2.68. The molecule has 0 bridgehead atoms. The van der Waals surface area contributed by atoms with Crippen LogP contribution in [-0.4, -0.2) is 57.3 Å². The Bertz CT molecular complexity index is 846. The van der Waals surface area contributed by atoms with Crippen molar-refractivity contribution in [1.82, 2.24) is 14.8 Å². The van der Waals surface area contributed by atoms with Gasteiger partial charge in [-0.2, -0.15) is 9.46 Å². The van der Waals surface area contributed by atoms with E-state index < -0.39 is 9.73 Å². The summed E-state index contributed by atoms with van der Waals surface area (Å²) < 4.78 is 23.7. The Morgan fingerprint density at radius 1 is 1.38 bits per heavy atom. The lowest BCUT2D eigenvalue weighted by molar-refractivity contribution is 0.0989. The minimum Gasteiger partial charge on any atom is -0.377 e. The highest BCUT2D eigenvalue weighted by atomic mass is 32.2. The number of hydrogen-bond donors (Lipinski definition) is 0. The van der Waals surface area contributed by atoms with Crippen LogP contribution in [-0.2, 0) is 21.5 Å². The predicted molar refractivity (Wildman–Crippen MR) is 96.1 cm³/mol. The van der Waals surface area contributed by atoms with Crippen LogP contribution in [0.2, 0.25) is 0 Å². The van der Waals surface area contributed by atoms with Gasteiger partial charge in [-0.1, -0.05) is 0 Å². The molecule has 0 spiro atoms. The van der Waals surface area contributed by atoms with E-state index >= 15 is 0 Å². The number of nitrogens with zero attached hydrogens (tertiary/aromatic N) is 5. The van der Waals surface area contributed by atoms with Gasteiger partial charge in [0, 0.05) is 59.8 Å². The van der Waals surface area contributed by atoms with Gasteiger partial charge in [0.1, 0.15) is 0 Å². The first-order chi connectivity index (χ1) is 11.3. The number of anilines is 1. The first-order valence-electron chi connectivity index (χ1n) is 7.85. The molecule has 2 aromatic rings. The van der Waals surface area contributed by atoms with E-state index in [0.29, 0.717) is 19.0 Å². The van der Waals surface area contributed by atoms with Crippen LogP contribution >= 0.6 is 0 Å². The molecule has 0 aliphatic carbocycles. The minimum absolute atomic E-state index is 0.265. The summed E-state index contributed by atoms with van der Waals surface area (Å²) in [5, 5.41) is 4.21. The predicted octanol–water partition coefficient (Wildman–Crippen LogP) is 2.07. The van der Waals surface area contributed by atoms with Crippen LogP contribution in [0.3, 0.4) is 0 Å². The quantitative estimate of drug-likeness (QED) is 0.848. The average Bonchev–Trinajstić information content (AvgIpc) is 2.92. The molecular formula is C16H23N5O2S. The van der Waals surface area contributed by atoms with E-state index in [0.717, 1.165) is 23.6 Å². The Morgan fingerprint density at radius 3 is 2.79 bits per heavy atom. The molecule has 1 aliphatic heterocycles. The summed E-state index contributed by atoms with van der Waals surface area (Å²) in [7, 11) is -0.411. The molecule has 2 aromatic heterocycles. The van der Waals surface area contributed by atoms with Crippen molar-refractivity contribution in [3.8, 4) is 11.4 Å². The van der Waals surface area contributed by atoms with Crippen LogP contribution in [0.5, 0.6) is 0 Å². The van der Waals surface area contributed by atoms with Gasteiger partial charge in [-0.25, -0.2) is 9.19 Å². The van der Waals surface area contributed by atoms with E-state index in [-0.39, 0.29) is 6.04 Å². The summed E-state index contributed by atoms with van der Waals surface area (Å²) in [4.78, 5) is 6.85. The van der Waals surface area contributed by atoms with Crippen molar-refractivity contribution in [3.63, 3.8) is 0 Å². The topological polar surface area (TPSA) is 72.6 Å². The number of hydrogen-bond acceptors (Lipinski definition) is 6. The maximum absolute atomic E-state index is 12.1. The second kappa shape index (κ2) is 6.52. The molecule has 3 heterocycles. The van der Waals surface area contributed by atoms with Gasteiger partial charge in [-0.05, 0) is 19.1 Å². The minimum atomic E-state index is -2.29. The number of morpholine rings is 1. The van der Waals surface area contributed by atoms with E-state index in [1.165, 1.54) is 0 Å². The van der Waals surface area contributed by atoms with Crippen LogP contribution in [0.4, 0.5) is 11.5 Å². The van der Waals surface area contributed by atoms with Gasteiger partial charge in [0.2, 0.25) is 0 Å². The molecule has 7 nitrogen and oxygen atoms in total. The summed E-state index contributed by atoms with van der Waals surface area (Å²) in [6.07, 6.45) is 4.96. The Kier molecular flexibility index (Phi) is 4.60. The lowest BCUT2D eigenvalue weighted by atomic mass is 10.2. The third-order valence-corrected chi connectivity index (χ3v) is 4.52. The average molecular weight is 349 g/mol. The van der Waals surface area contributed by atoms with E-state index in [1.807, 2.05) is 25.2 Å². The second-order valence-electron chi connectivity index (χ2n) is 6.30. The van der Waals surface area contributed by atoms with Crippen LogP contribution < -0.4 is 4.90 Å². The molecule has 1 atom stereocenters. The van der Waals surface area contributed by atoms with Crippen LogP contribution in [0.15, 0.2) is 28.8 Å². The van der Waals surface area contributed by atoms with Crippen molar-refractivity contribution in [1.29, 1.82) is 0 Å². The standard InChI is InChI=1S/C16H23N5O2S/c1-12-11-23-8-7-21(12)13-9-14(15-5-6-17-20(15)2)18-16(10-13)19-24(3,4)22/h5-6,9-10,12H,7-8,11H2,1-4H3/t12-/m1/s1. The van der Waals surface area contributed by atoms with Gasteiger partial charge >= 0.3 is 0 Å². The molecule has 1 fully saturated rings. The molecule has 0 aromatic carbocycles. The van der Waals surface area contributed by atoms with Crippen LogP contribution in [0.25, 0.3) is 11.4 Å². The Labute approximate surface area is 142 Å². The molecule has 0 radical (unpaired) electrons. The van der Waals surface area contributed by atoms with Gasteiger partial charge in [0.15, 0.2) is 5.82 Å². The highest BCUT2D eigenvalue weighted by Gasteiger charge is 2.21. The Morgan fingerprint density at radius 2 is 2.17 bits per heavy atom. The largest absolute Gasteiger partial charge is 0.377 e. The lowest BCUT2D eigenvalue weighted by Gasteiger charge is -2.35. The van der Waals surface area contributed by atoms with Crippen LogP contribution in [0.1, 0.15) is 6.92 Å². The van der Waals surface area contributed by atoms with Crippen molar-refractivity contribution in [3.05, 3.63) is 24.4 Å². The fourth-order valence-electron chi connectivity index (χ4n) is 2.81. The van der Waals surface area contributed by atoms with Crippen molar-refractivity contribution in [2.45, 2.75) is 13.0 Å².